The van der Waals surface area contributed by atoms with Crippen LogP contribution in [0.1, 0.15) is 43.4 Å². The number of hydrogen-bond donors (Lipinski definition) is 2. The number of methoxy groups -OCH3 is 1. The van der Waals surface area contributed by atoms with Crippen LogP contribution >= 0.6 is 0 Å². The fraction of sp³-hybridized carbons (Fsp3) is 0.409. The molecule has 0 bridgehead atoms. The van der Waals surface area contributed by atoms with Crippen molar-refractivity contribution in [1.82, 2.24) is 5.32 Å². The summed E-state index contributed by atoms with van der Waals surface area (Å²) in [5, 5.41) is 21.9. The molecule has 0 unspecified atom stereocenters. The molecule has 1 aliphatic rings. The van der Waals surface area contributed by atoms with Gasteiger partial charge in [0.15, 0.2) is 0 Å². The number of nitrogens with zero attached hydrogens (tertiary/aromatic N) is 1. The zero-order valence-corrected chi connectivity index (χ0v) is 16.9. The van der Waals surface area contributed by atoms with Crippen molar-refractivity contribution in [2.75, 3.05) is 20.2 Å². The van der Waals surface area contributed by atoms with Crippen LogP contribution in [0.5, 0.6) is 5.75 Å². The Morgan fingerprint density at radius 3 is 2.03 bits per heavy atom. The van der Waals surface area contributed by atoms with Gasteiger partial charge in [0.25, 0.3) is 0 Å². The van der Waals surface area contributed by atoms with E-state index in [-0.39, 0.29) is 0 Å². The van der Waals surface area contributed by atoms with E-state index in [1.54, 1.807) is 25.3 Å². The molecule has 1 aliphatic heterocycles. The highest BCUT2D eigenvalue weighted by molar-refractivity contribution is 5.42. The van der Waals surface area contributed by atoms with E-state index in [0.717, 1.165) is 12.1 Å². The van der Waals surface area contributed by atoms with Crippen molar-refractivity contribution in [3.8, 4) is 11.8 Å². The van der Waals surface area contributed by atoms with Gasteiger partial charge in [-0.3, -0.25) is 0 Å². The van der Waals surface area contributed by atoms with Gasteiger partial charge in [0, 0.05) is 0 Å². The first-order valence-electron chi connectivity index (χ1n) is 9.44. The highest BCUT2D eigenvalue weighted by Gasteiger charge is 2.33. The average Bonchev–Trinajstić information content (AvgIpc) is 2.75. The summed E-state index contributed by atoms with van der Waals surface area (Å²) in [4.78, 5) is 0. The van der Waals surface area contributed by atoms with Crippen molar-refractivity contribution < 1.29 is 23.0 Å². The second kappa shape index (κ2) is 11.4. The normalized spacial score (nSPS) is 15.0. The van der Waals surface area contributed by atoms with Crippen LogP contribution in [0, 0.1) is 11.3 Å². The van der Waals surface area contributed by atoms with Crippen LogP contribution in [0.2, 0.25) is 0 Å². The van der Waals surface area contributed by atoms with Crippen LogP contribution in [0.15, 0.2) is 48.5 Å². The molecule has 1 fully saturated rings. The summed E-state index contributed by atoms with van der Waals surface area (Å²) in [7, 11) is 1.55. The number of halogens is 3. The van der Waals surface area contributed by atoms with Crippen LogP contribution in [-0.2, 0) is 11.8 Å². The average molecular weight is 408 g/mol. The number of ether oxygens (including phenoxy) is 1. The topological polar surface area (TPSA) is 65.3 Å². The highest BCUT2D eigenvalue weighted by Crippen LogP contribution is 2.34. The van der Waals surface area contributed by atoms with Gasteiger partial charge in [0.2, 0.25) is 0 Å². The molecule has 0 aromatic heterocycles. The Bertz CT molecular complexity index is 778. The lowest BCUT2D eigenvalue weighted by molar-refractivity contribution is -0.137. The van der Waals surface area contributed by atoms with Crippen molar-refractivity contribution in [2.24, 2.45) is 0 Å². The van der Waals surface area contributed by atoms with Gasteiger partial charge < -0.3 is 15.2 Å². The van der Waals surface area contributed by atoms with Crippen molar-refractivity contribution in [1.29, 1.82) is 5.26 Å². The zero-order valence-electron chi connectivity index (χ0n) is 16.9. The summed E-state index contributed by atoms with van der Waals surface area (Å²) in [6, 6.07) is 13.9. The van der Waals surface area contributed by atoms with Crippen LogP contribution in [-0.4, -0.2) is 25.3 Å². The minimum absolute atomic E-state index is 0.526. The predicted molar refractivity (Wildman–Crippen MR) is 107 cm³/mol. The molecule has 0 spiro atoms. The highest BCUT2D eigenvalue weighted by atomic mass is 19.4. The molecule has 2 aromatic rings. The Morgan fingerprint density at radius 1 is 1.03 bits per heavy atom. The molecule has 1 heterocycles. The minimum atomic E-state index is -4.32. The Kier molecular flexibility index (Phi) is 9.66. The first-order chi connectivity index (χ1) is 13.8. The number of aliphatic hydroxyl groups is 1. The fourth-order valence-corrected chi connectivity index (χ4v) is 2.84. The lowest BCUT2D eigenvalue weighted by Gasteiger charge is -2.33. The van der Waals surface area contributed by atoms with E-state index >= 15 is 0 Å². The third kappa shape index (κ3) is 7.08. The molecular formula is C22H27F3N2O2. The predicted octanol–water partition coefficient (Wildman–Crippen LogP) is 4.87. The molecule has 0 radical (unpaired) electrons. The summed E-state index contributed by atoms with van der Waals surface area (Å²) in [5.74, 6) is 0.630. The number of benzene rings is 2. The van der Waals surface area contributed by atoms with Gasteiger partial charge in [-0.1, -0.05) is 38.1 Å². The van der Waals surface area contributed by atoms with Gasteiger partial charge in [0.05, 0.1) is 23.8 Å². The first kappa shape index (κ1) is 24.5. The van der Waals surface area contributed by atoms with Crippen LogP contribution in [0.25, 0.3) is 0 Å². The van der Waals surface area contributed by atoms with E-state index in [1.807, 2.05) is 26.0 Å². The molecular weight excluding hydrogens is 381 g/mol. The third-order valence-electron chi connectivity index (χ3n) is 4.41. The monoisotopic (exact) mass is 408 g/mol. The number of alkyl halides is 3. The maximum atomic E-state index is 12.4. The molecule has 3 rings (SSSR count). The molecule has 7 heteroatoms. The number of rotatable bonds is 2. The van der Waals surface area contributed by atoms with E-state index in [2.05, 4.69) is 5.32 Å². The minimum Gasteiger partial charge on any atom is -0.495 e. The Labute approximate surface area is 169 Å². The summed E-state index contributed by atoms with van der Waals surface area (Å²) in [5.41, 5.74) is -0.536. The zero-order chi connectivity index (χ0) is 21.9. The SMILES string of the molecule is CC.COc1ccccc1C#N.OC1(c2ccc(C(F)(F)F)cc2)CCNCC1. The quantitative estimate of drug-likeness (QED) is 0.744. The van der Waals surface area contributed by atoms with E-state index in [0.29, 0.717) is 42.8 Å². The molecule has 29 heavy (non-hydrogen) atoms. The second-order valence-electron chi connectivity index (χ2n) is 6.17. The Morgan fingerprint density at radius 2 is 1.59 bits per heavy atom. The maximum absolute atomic E-state index is 12.4. The standard InChI is InChI=1S/C12H14F3NO.C8H7NO.C2H6/c13-12(14,15)10-3-1-9(2-4-10)11(17)5-7-16-8-6-11;1-10-8-5-3-2-4-7(8)6-9;1-2/h1-4,16-17H,5-8H2;2-5H,1H3;1-2H3. The van der Waals surface area contributed by atoms with Gasteiger partial charge >= 0.3 is 6.18 Å². The fourth-order valence-electron chi connectivity index (χ4n) is 2.84. The van der Waals surface area contributed by atoms with E-state index < -0.39 is 17.3 Å². The lowest BCUT2D eigenvalue weighted by atomic mass is 9.85. The number of nitriles is 1. The third-order valence-corrected chi connectivity index (χ3v) is 4.41. The molecule has 158 valence electrons. The smallest absolute Gasteiger partial charge is 0.416 e. The molecule has 0 amide bonds. The number of nitrogens with one attached hydrogen (secondary N) is 1. The molecule has 0 atom stereocenters. The molecule has 1 saturated heterocycles. The summed E-state index contributed by atoms with van der Waals surface area (Å²) < 4.78 is 42.1. The van der Waals surface area contributed by atoms with E-state index in [4.69, 9.17) is 10.00 Å². The molecule has 2 aromatic carbocycles. The molecule has 2 N–H and O–H groups in total. The largest absolute Gasteiger partial charge is 0.495 e. The summed E-state index contributed by atoms with van der Waals surface area (Å²) in [6.07, 6.45) is -3.27. The van der Waals surface area contributed by atoms with E-state index in [1.165, 1.54) is 12.1 Å². The Balaban J connectivity index is 0.000000299. The van der Waals surface area contributed by atoms with Crippen molar-refractivity contribution in [3.63, 3.8) is 0 Å². The van der Waals surface area contributed by atoms with Gasteiger partial charge in [-0.25, -0.2) is 0 Å². The number of hydrogen-bond acceptors (Lipinski definition) is 4. The van der Waals surface area contributed by atoms with Crippen molar-refractivity contribution in [3.05, 3.63) is 65.2 Å². The summed E-state index contributed by atoms with van der Waals surface area (Å²) in [6.45, 7) is 5.36. The molecule has 0 saturated carbocycles. The van der Waals surface area contributed by atoms with Crippen LogP contribution in [0.3, 0.4) is 0 Å². The lowest BCUT2D eigenvalue weighted by Crippen LogP contribution is -2.39. The van der Waals surface area contributed by atoms with Crippen LogP contribution < -0.4 is 10.1 Å². The molecule has 4 nitrogen and oxygen atoms in total. The maximum Gasteiger partial charge on any atom is 0.416 e. The van der Waals surface area contributed by atoms with Crippen molar-refractivity contribution >= 4 is 0 Å². The molecule has 0 aliphatic carbocycles. The van der Waals surface area contributed by atoms with Crippen LogP contribution in [0.4, 0.5) is 13.2 Å². The van der Waals surface area contributed by atoms with Gasteiger partial charge in [-0.05, 0) is 55.8 Å². The second-order valence-corrected chi connectivity index (χ2v) is 6.17. The summed E-state index contributed by atoms with van der Waals surface area (Å²) >= 11 is 0. The van der Waals surface area contributed by atoms with Gasteiger partial charge in [-0.2, -0.15) is 18.4 Å². The number of para-hydroxylation sites is 1. The van der Waals surface area contributed by atoms with Crippen molar-refractivity contribution in [2.45, 2.75) is 38.5 Å². The first-order valence-corrected chi connectivity index (χ1v) is 9.44. The van der Waals surface area contributed by atoms with Gasteiger partial charge in [-0.15, -0.1) is 0 Å². The number of piperidine rings is 1. The van der Waals surface area contributed by atoms with E-state index in [9.17, 15) is 18.3 Å². The van der Waals surface area contributed by atoms with Gasteiger partial charge in [0.1, 0.15) is 11.8 Å². The Hall–Kier alpha value is -2.56.